The number of benzene rings is 1. The molecule has 0 saturated heterocycles. The molecule has 1 heterocycles. The zero-order chi connectivity index (χ0) is 13.3. The van der Waals surface area contributed by atoms with Gasteiger partial charge in [-0.25, -0.2) is 4.68 Å². The Bertz CT molecular complexity index is 536. The molecule has 4 heteroatoms. The standard InChI is InChI=1S/C15H21N3.ClH/c1-11-5-7-13(8-6-11)18-14(16)9-12(17-18)10-15(2,3)4;/h5-9H,10,16H2,1-4H3;1H. The van der Waals surface area contributed by atoms with Crippen LogP contribution in [0.5, 0.6) is 0 Å². The van der Waals surface area contributed by atoms with Gasteiger partial charge in [0.25, 0.3) is 0 Å². The second-order valence-electron chi connectivity index (χ2n) is 6.05. The Morgan fingerprint density at radius 3 is 2.26 bits per heavy atom. The van der Waals surface area contributed by atoms with Crippen LogP contribution < -0.4 is 5.73 Å². The minimum absolute atomic E-state index is 0. The molecule has 0 atom stereocenters. The molecule has 0 saturated carbocycles. The van der Waals surface area contributed by atoms with Crippen molar-refractivity contribution in [3.63, 3.8) is 0 Å². The molecular weight excluding hydrogens is 258 g/mol. The zero-order valence-corrected chi connectivity index (χ0v) is 12.8. The van der Waals surface area contributed by atoms with E-state index >= 15 is 0 Å². The van der Waals surface area contributed by atoms with Crippen molar-refractivity contribution >= 4 is 18.2 Å². The summed E-state index contributed by atoms with van der Waals surface area (Å²) in [5.74, 6) is 0.693. The van der Waals surface area contributed by atoms with E-state index in [1.165, 1.54) is 5.56 Å². The van der Waals surface area contributed by atoms with E-state index in [1.807, 2.05) is 18.2 Å². The minimum Gasteiger partial charge on any atom is -0.384 e. The lowest BCUT2D eigenvalue weighted by Gasteiger charge is -2.15. The summed E-state index contributed by atoms with van der Waals surface area (Å²) in [5.41, 5.74) is 9.54. The van der Waals surface area contributed by atoms with Gasteiger partial charge in [0.05, 0.1) is 11.4 Å². The van der Waals surface area contributed by atoms with E-state index in [2.05, 4.69) is 44.9 Å². The Morgan fingerprint density at radius 2 is 1.74 bits per heavy atom. The Kier molecular flexibility index (Phi) is 4.64. The highest BCUT2D eigenvalue weighted by atomic mass is 35.5. The lowest BCUT2D eigenvalue weighted by Crippen LogP contribution is -2.10. The lowest BCUT2D eigenvalue weighted by atomic mass is 9.91. The summed E-state index contributed by atoms with van der Waals surface area (Å²) in [6.45, 7) is 8.68. The van der Waals surface area contributed by atoms with Gasteiger partial charge in [-0.1, -0.05) is 38.5 Å². The van der Waals surface area contributed by atoms with Crippen molar-refractivity contribution < 1.29 is 0 Å². The van der Waals surface area contributed by atoms with Crippen molar-refractivity contribution in [2.45, 2.75) is 34.1 Å². The molecule has 2 aromatic rings. The Hall–Kier alpha value is -1.48. The van der Waals surface area contributed by atoms with Crippen molar-refractivity contribution in [3.05, 3.63) is 41.6 Å². The summed E-state index contributed by atoms with van der Waals surface area (Å²) in [6, 6.07) is 10.2. The number of nitrogens with two attached hydrogens (primary N) is 1. The second kappa shape index (κ2) is 5.66. The number of nitrogen functional groups attached to an aromatic ring is 1. The molecule has 104 valence electrons. The van der Waals surface area contributed by atoms with Gasteiger partial charge in [0, 0.05) is 6.07 Å². The Balaban J connectivity index is 0.00000180. The van der Waals surface area contributed by atoms with Gasteiger partial charge in [-0.2, -0.15) is 5.10 Å². The third kappa shape index (κ3) is 4.00. The maximum absolute atomic E-state index is 6.03. The maximum atomic E-state index is 6.03. The topological polar surface area (TPSA) is 43.8 Å². The van der Waals surface area contributed by atoms with Gasteiger partial charge in [-0.15, -0.1) is 12.4 Å². The van der Waals surface area contributed by atoms with Crippen LogP contribution >= 0.6 is 12.4 Å². The summed E-state index contributed by atoms with van der Waals surface area (Å²) in [4.78, 5) is 0. The van der Waals surface area contributed by atoms with Gasteiger partial charge in [0.1, 0.15) is 5.82 Å². The van der Waals surface area contributed by atoms with E-state index in [-0.39, 0.29) is 17.8 Å². The predicted octanol–water partition coefficient (Wildman–Crippen LogP) is 3.77. The number of anilines is 1. The number of hydrogen-bond donors (Lipinski definition) is 1. The van der Waals surface area contributed by atoms with E-state index in [9.17, 15) is 0 Å². The number of halogens is 1. The number of aromatic nitrogens is 2. The van der Waals surface area contributed by atoms with Gasteiger partial charge < -0.3 is 5.73 Å². The molecule has 0 radical (unpaired) electrons. The van der Waals surface area contributed by atoms with Gasteiger partial charge in [-0.3, -0.25) is 0 Å². The average molecular weight is 280 g/mol. The molecule has 3 nitrogen and oxygen atoms in total. The maximum Gasteiger partial charge on any atom is 0.127 e. The molecule has 19 heavy (non-hydrogen) atoms. The molecule has 1 aromatic carbocycles. The first-order valence-electron chi connectivity index (χ1n) is 6.27. The molecule has 0 fully saturated rings. The second-order valence-corrected chi connectivity index (χ2v) is 6.05. The van der Waals surface area contributed by atoms with Crippen molar-refractivity contribution in [2.24, 2.45) is 5.41 Å². The molecule has 0 amide bonds. The molecule has 0 spiro atoms. The third-order valence-corrected chi connectivity index (χ3v) is 2.78. The fourth-order valence-corrected chi connectivity index (χ4v) is 1.97. The van der Waals surface area contributed by atoms with Crippen LogP contribution in [-0.4, -0.2) is 9.78 Å². The minimum atomic E-state index is 0. The molecule has 0 aliphatic heterocycles. The molecule has 0 aliphatic rings. The van der Waals surface area contributed by atoms with Crippen LogP contribution in [0.4, 0.5) is 5.82 Å². The molecule has 0 bridgehead atoms. The summed E-state index contributed by atoms with van der Waals surface area (Å²) in [5, 5.41) is 4.59. The summed E-state index contributed by atoms with van der Waals surface area (Å²) in [6.07, 6.45) is 0.927. The highest BCUT2D eigenvalue weighted by Gasteiger charge is 2.15. The van der Waals surface area contributed by atoms with Crippen LogP contribution in [-0.2, 0) is 6.42 Å². The number of rotatable bonds is 2. The fraction of sp³-hybridized carbons (Fsp3) is 0.400. The smallest absolute Gasteiger partial charge is 0.127 e. The lowest BCUT2D eigenvalue weighted by molar-refractivity contribution is 0.405. The Labute approximate surface area is 121 Å². The molecular formula is C15H22ClN3. The quantitative estimate of drug-likeness (QED) is 0.909. The van der Waals surface area contributed by atoms with Crippen molar-refractivity contribution in [3.8, 4) is 5.69 Å². The normalized spacial score (nSPS) is 11.2. The SMILES string of the molecule is Cc1ccc(-n2nc(CC(C)(C)C)cc2N)cc1.Cl. The van der Waals surface area contributed by atoms with Crippen molar-refractivity contribution in [1.82, 2.24) is 9.78 Å². The fourth-order valence-electron chi connectivity index (χ4n) is 1.97. The highest BCUT2D eigenvalue weighted by Crippen LogP contribution is 2.22. The van der Waals surface area contributed by atoms with E-state index < -0.39 is 0 Å². The highest BCUT2D eigenvalue weighted by molar-refractivity contribution is 5.85. The first-order chi connectivity index (χ1) is 8.35. The largest absolute Gasteiger partial charge is 0.384 e. The summed E-state index contributed by atoms with van der Waals surface area (Å²) in [7, 11) is 0. The predicted molar refractivity (Wildman–Crippen MR) is 83.1 cm³/mol. The number of nitrogens with zero attached hydrogens (tertiary/aromatic N) is 2. The monoisotopic (exact) mass is 279 g/mol. The van der Waals surface area contributed by atoms with E-state index in [0.717, 1.165) is 17.8 Å². The van der Waals surface area contributed by atoms with Crippen LogP contribution in [0.25, 0.3) is 5.69 Å². The third-order valence-electron chi connectivity index (χ3n) is 2.78. The van der Waals surface area contributed by atoms with Crippen LogP contribution in [0.3, 0.4) is 0 Å². The van der Waals surface area contributed by atoms with Crippen molar-refractivity contribution in [1.29, 1.82) is 0 Å². The Morgan fingerprint density at radius 1 is 1.16 bits per heavy atom. The molecule has 2 rings (SSSR count). The van der Waals surface area contributed by atoms with Gasteiger partial charge in [-0.05, 0) is 30.9 Å². The van der Waals surface area contributed by atoms with Gasteiger partial charge in [0.2, 0.25) is 0 Å². The summed E-state index contributed by atoms with van der Waals surface area (Å²) < 4.78 is 1.81. The first-order valence-corrected chi connectivity index (χ1v) is 6.27. The molecule has 0 aliphatic carbocycles. The van der Waals surface area contributed by atoms with Gasteiger partial charge >= 0.3 is 0 Å². The summed E-state index contributed by atoms with van der Waals surface area (Å²) >= 11 is 0. The van der Waals surface area contributed by atoms with Crippen LogP contribution in [0, 0.1) is 12.3 Å². The average Bonchev–Trinajstić information content (AvgIpc) is 2.58. The van der Waals surface area contributed by atoms with Crippen LogP contribution in [0.2, 0.25) is 0 Å². The van der Waals surface area contributed by atoms with E-state index in [4.69, 9.17) is 5.73 Å². The molecule has 1 aromatic heterocycles. The molecule has 2 N–H and O–H groups in total. The molecule has 0 unspecified atom stereocenters. The van der Waals surface area contributed by atoms with Crippen LogP contribution in [0.15, 0.2) is 30.3 Å². The number of aryl methyl sites for hydroxylation is 1. The van der Waals surface area contributed by atoms with Gasteiger partial charge in [0.15, 0.2) is 0 Å². The van der Waals surface area contributed by atoms with E-state index in [1.54, 1.807) is 4.68 Å². The van der Waals surface area contributed by atoms with Crippen LogP contribution in [0.1, 0.15) is 32.0 Å². The van der Waals surface area contributed by atoms with E-state index in [0.29, 0.717) is 5.82 Å². The zero-order valence-electron chi connectivity index (χ0n) is 12.0. The first kappa shape index (κ1) is 15.6. The van der Waals surface area contributed by atoms with Crippen molar-refractivity contribution in [2.75, 3.05) is 5.73 Å². The number of hydrogen-bond acceptors (Lipinski definition) is 2.